The lowest BCUT2D eigenvalue weighted by Crippen LogP contribution is -2.25. The van der Waals surface area contributed by atoms with E-state index in [1.165, 1.54) is 35.2 Å². The molecule has 1 aliphatic carbocycles. The van der Waals surface area contributed by atoms with Crippen LogP contribution in [0.15, 0.2) is 69.0 Å². The summed E-state index contributed by atoms with van der Waals surface area (Å²) in [5.41, 5.74) is 0.526. The van der Waals surface area contributed by atoms with Crippen molar-refractivity contribution in [3.8, 4) is 11.5 Å². The molecule has 0 radical (unpaired) electrons. The fourth-order valence-electron chi connectivity index (χ4n) is 5.17. The number of aromatic nitrogens is 2. The molecule has 0 saturated heterocycles. The van der Waals surface area contributed by atoms with Crippen LogP contribution in [0.5, 0.6) is 11.5 Å². The topological polar surface area (TPSA) is 152 Å². The molecule has 0 atom stereocenters. The van der Waals surface area contributed by atoms with E-state index < -0.39 is 9.85 Å². The van der Waals surface area contributed by atoms with Crippen LogP contribution in [-0.2, 0) is 6.61 Å². The summed E-state index contributed by atoms with van der Waals surface area (Å²) in [6.45, 7) is 1.76. The molecule has 0 unspecified atom stereocenters. The SMILES string of the molecule is CCOc1cc(C=Nn2c(C3CCCCC3)nc3ccc(Br)cc3c2=O)cc([N+](=O)[O-])c1OCc1cccc([N+](=O)[O-])c1. The first kappa shape index (κ1) is 29.8. The van der Waals surface area contributed by atoms with Crippen LogP contribution in [0.4, 0.5) is 11.4 Å². The molecular formula is C30H28BrN5O7. The van der Waals surface area contributed by atoms with Crippen molar-refractivity contribution >= 4 is 44.4 Å². The van der Waals surface area contributed by atoms with Crippen LogP contribution in [0.2, 0.25) is 0 Å². The van der Waals surface area contributed by atoms with E-state index in [2.05, 4.69) is 21.0 Å². The van der Waals surface area contributed by atoms with E-state index in [-0.39, 0.29) is 47.6 Å². The number of nitro groups is 2. The first-order valence-corrected chi connectivity index (χ1v) is 14.6. The van der Waals surface area contributed by atoms with Gasteiger partial charge in [-0.1, -0.05) is 47.3 Å². The summed E-state index contributed by atoms with van der Waals surface area (Å²) < 4.78 is 13.5. The summed E-state index contributed by atoms with van der Waals surface area (Å²) in [5, 5.41) is 28.2. The van der Waals surface area contributed by atoms with Gasteiger partial charge in [0.2, 0.25) is 5.75 Å². The van der Waals surface area contributed by atoms with Gasteiger partial charge in [-0.25, -0.2) is 4.98 Å². The van der Waals surface area contributed by atoms with E-state index in [1.54, 1.807) is 31.2 Å². The van der Waals surface area contributed by atoms with Crippen molar-refractivity contribution in [2.75, 3.05) is 6.61 Å². The normalized spacial score (nSPS) is 13.8. The predicted octanol–water partition coefficient (Wildman–Crippen LogP) is 6.88. The molecule has 1 saturated carbocycles. The maximum atomic E-state index is 13.6. The van der Waals surface area contributed by atoms with Crippen molar-refractivity contribution < 1.29 is 19.3 Å². The first-order chi connectivity index (χ1) is 20.7. The molecule has 13 heteroatoms. The molecule has 4 aromatic rings. The number of benzene rings is 3. The monoisotopic (exact) mass is 649 g/mol. The molecule has 0 N–H and O–H groups in total. The van der Waals surface area contributed by atoms with Crippen LogP contribution in [-0.4, -0.2) is 32.3 Å². The van der Waals surface area contributed by atoms with E-state index >= 15 is 0 Å². The van der Waals surface area contributed by atoms with Gasteiger partial charge in [0.25, 0.3) is 11.2 Å². The van der Waals surface area contributed by atoms with Crippen LogP contribution in [0, 0.1) is 20.2 Å². The van der Waals surface area contributed by atoms with Gasteiger partial charge in [-0.2, -0.15) is 9.78 Å². The second-order valence-corrected chi connectivity index (χ2v) is 11.0. The third kappa shape index (κ3) is 6.72. The number of hydrogen-bond donors (Lipinski definition) is 0. The Morgan fingerprint density at radius 2 is 1.84 bits per heavy atom. The van der Waals surface area contributed by atoms with Gasteiger partial charge in [0, 0.05) is 34.2 Å². The number of fused-ring (bicyclic) bond motifs is 1. The Morgan fingerprint density at radius 1 is 1.05 bits per heavy atom. The Balaban J connectivity index is 1.55. The zero-order chi connectivity index (χ0) is 30.5. The Morgan fingerprint density at radius 3 is 2.56 bits per heavy atom. The second kappa shape index (κ2) is 13.1. The third-order valence-electron chi connectivity index (χ3n) is 7.18. The molecule has 0 bridgehead atoms. The van der Waals surface area contributed by atoms with Gasteiger partial charge in [-0.15, -0.1) is 0 Å². The number of nitrogens with zero attached hydrogens (tertiary/aromatic N) is 5. The van der Waals surface area contributed by atoms with E-state index in [4.69, 9.17) is 14.5 Å². The van der Waals surface area contributed by atoms with Gasteiger partial charge in [0.1, 0.15) is 12.4 Å². The van der Waals surface area contributed by atoms with Gasteiger partial charge >= 0.3 is 5.69 Å². The molecule has 43 heavy (non-hydrogen) atoms. The van der Waals surface area contributed by atoms with Crippen LogP contribution in [0.1, 0.15) is 61.9 Å². The minimum atomic E-state index is -0.600. The van der Waals surface area contributed by atoms with Crippen molar-refractivity contribution in [3.05, 3.63) is 107 Å². The molecule has 1 aromatic heterocycles. The highest BCUT2D eigenvalue weighted by Crippen LogP contribution is 2.39. The Hall–Kier alpha value is -4.65. The fourth-order valence-corrected chi connectivity index (χ4v) is 5.53. The average Bonchev–Trinajstić information content (AvgIpc) is 3.00. The molecule has 1 heterocycles. The molecule has 5 rings (SSSR count). The predicted molar refractivity (Wildman–Crippen MR) is 164 cm³/mol. The second-order valence-electron chi connectivity index (χ2n) is 10.1. The average molecular weight is 650 g/mol. The van der Waals surface area contributed by atoms with Gasteiger partial charge < -0.3 is 9.47 Å². The van der Waals surface area contributed by atoms with Gasteiger partial charge in [0.15, 0.2) is 5.75 Å². The van der Waals surface area contributed by atoms with Crippen molar-refractivity contribution in [1.82, 2.24) is 9.66 Å². The molecule has 12 nitrogen and oxygen atoms in total. The summed E-state index contributed by atoms with van der Waals surface area (Å²) in [6, 6.07) is 14.0. The number of non-ortho nitro benzene ring substituents is 1. The van der Waals surface area contributed by atoms with E-state index in [0.29, 0.717) is 27.9 Å². The lowest BCUT2D eigenvalue weighted by atomic mass is 9.88. The number of ether oxygens (including phenoxy) is 2. The molecule has 222 valence electrons. The number of halogens is 1. The molecular weight excluding hydrogens is 622 g/mol. The van der Waals surface area contributed by atoms with Crippen LogP contribution < -0.4 is 15.0 Å². The Kier molecular flexibility index (Phi) is 9.10. The molecule has 1 aliphatic rings. The molecule has 0 spiro atoms. The number of nitro benzene ring substituents is 2. The van der Waals surface area contributed by atoms with Crippen molar-refractivity contribution in [2.45, 2.75) is 51.6 Å². The molecule has 0 aliphatic heterocycles. The Bertz CT molecular complexity index is 1780. The van der Waals surface area contributed by atoms with Gasteiger partial charge in [-0.05, 0) is 49.6 Å². The van der Waals surface area contributed by atoms with Crippen molar-refractivity contribution in [3.63, 3.8) is 0 Å². The van der Waals surface area contributed by atoms with Crippen molar-refractivity contribution in [1.29, 1.82) is 0 Å². The standard InChI is InChI=1S/C30H28BrN5O7/c1-2-42-27-15-20(14-26(36(40)41)28(27)43-18-19-7-6-10-23(13-19)35(38)39)17-32-34-29(21-8-4-3-5-9-21)33-25-12-11-22(31)16-24(25)30(34)37/h6-7,10-17,21H,2-5,8-9,18H2,1H3. The number of hydrogen-bond acceptors (Lipinski definition) is 9. The summed E-state index contributed by atoms with van der Waals surface area (Å²) in [5.74, 6) is 0.605. The minimum Gasteiger partial charge on any atom is -0.490 e. The molecule has 3 aromatic carbocycles. The zero-order valence-corrected chi connectivity index (χ0v) is 24.9. The molecule has 0 amide bonds. The maximum absolute atomic E-state index is 13.6. The minimum absolute atomic E-state index is 0.0598. The number of rotatable bonds is 10. The maximum Gasteiger partial charge on any atom is 0.315 e. The van der Waals surface area contributed by atoms with Crippen LogP contribution in [0.25, 0.3) is 10.9 Å². The lowest BCUT2D eigenvalue weighted by Gasteiger charge is -2.22. The summed E-state index contributed by atoms with van der Waals surface area (Å²) in [7, 11) is 0. The smallest absolute Gasteiger partial charge is 0.315 e. The summed E-state index contributed by atoms with van der Waals surface area (Å²) in [6.07, 6.45) is 6.35. The highest BCUT2D eigenvalue weighted by molar-refractivity contribution is 9.10. The Labute approximate surface area is 254 Å². The highest BCUT2D eigenvalue weighted by Gasteiger charge is 2.25. The van der Waals surface area contributed by atoms with E-state index in [9.17, 15) is 25.0 Å². The third-order valence-corrected chi connectivity index (χ3v) is 7.68. The molecule has 1 fully saturated rings. The lowest BCUT2D eigenvalue weighted by molar-refractivity contribution is -0.386. The first-order valence-electron chi connectivity index (χ1n) is 13.8. The van der Waals surface area contributed by atoms with Gasteiger partial charge in [0.05, 0.1) is 33.6 Å². The zero-order valence-electron chi connectivity index (χ0n) is 23.3. The summed E-state index contributed by atoms with van der Waals surface area (Å²) in [4.78, 5) is 40.6. The summed E-state index contributed by atoms with van der Waals surface area (Å²) >= 11 is 3.42. The fraction of sp³-hybridized carbons (Fsp3) is 0.300. The van der Waals surface area contributed by atoms with Crippen LogP contribution in [0.3, 0.4) is 0 Å². The van der Waals surface area contributed by atoms with Crippen molar-refractivity contribution in [2.24, 2.45) is 5.10 Å². The van der Waals surface area contributed by atoms with E-state index in [1.807, 2.05) is 6.07 Å². The quantitative estimate of drug-likeness (QED) is 0.102. The van der Waals surface area contributed by atoms with Gasteiger partial charge in [-0.3, -0.25) is 25.0 Å². The van der Waals surface area contributed by atoms with E-state index in [0.717, 1.165) is 36.6 Å². The highest BCUT2D eigenvalue weighted by atomic mass is 79.9. The largest absolute Gasteiger partial charge is 0.490 e. The van der Waals surface area contributed by atoms with Crippen LogP contribution >= 0.6 is 15.9 Å².